The highest BCUT2D eigenvalue weighted by molar-refractivity contribution is 5.78. The number of carbonyl (C=O) groups excluding carboxylic acids is 1. The summed E-state index contributed by atoms with van der Waals surface area (Å²) < 4.78 is 4.64. The van der Waals surface area contributed by atoms with Crippen LogP contribution in [-0.4, -0.2) is 18.9 Å². The maximum atomic E-state index is 11.4. The van der Waals surface area contributed by atoms with Crippen molar-refractivity contribution in [2.24, 2.45) is 0 Å². The Bertz CT molecular complexity index is 370. The highest BCUT2D eigenvalue weighted by Crippen LogP contribution is 2.36. The lowest BCUT2D eigenvalue weighted by Gasteiger charge is -2.04. The van der Waals surface area contributed by atoms with E-state index in [4.69, 9.17) is 9.78 Å². The van der Waals surface area contributed by atoms with Gasteiger partial charge in [0.2, 0.25) is 0 Å². The van der Waals surface area contributed by atoms with Crippen LogP contribution in [0.4, 0.5) is 0 Å². The first-order valence-corrected chi connectivity index (χ1v) is 9.00. The molecule has 1 fully saturated rings. The van der Waals surface area contributed by atoms with E-state index in [1.807, 2.05) is 0 Å². The molecule has 0 radical (unpaired) electrons. The predicted molar refractivity (Wildman–Crippen MR) is 91.7 cm³/mol. The molecule has 0 saturated carbocycles. The molecule has 0 unspecified atom stereocenters. The van der Waals surface area contributed by atoms with Gasteiger partial charge in [0.25, 0.3) is 0 Å². The Hall–Kier alpha value is -1.13. The quantitative estimate of drug-likeness (QED) is 0.144. The van der Waals surface area contributed by atoms with E-state index in [0.717, 1.165) is 32.1 Å². The monoisotopic (exact) mass is 324 g/mol. The van der Waals surface area contributed by atoms with Crippen LogP contribution in [0.3, 0.4) is 0 Å². The Kier molecular flexibility index (Phi) is 10.7. The van der Waals surface area contributed by atoms with Gasteiger partial charge in [0, 0.05) is 6.42 Å². The first-order valence-electron chi connectivity index (χ1n) is 9.00. The van der Waals surface area contributed by atoms with Crippen LogP contribution in [0.2, 0.25) is 0 Å². The minimum Gasteiger partial charge on any atom is -0.465 e. The van der Waals surface area contributed by atoms with Crippen LogP contribution in [-0.2, 0) is 19.3 Å². The molecule has 0 atom stereocenters. The van der Waals surface area contributed by atoms with Crippen LogP contribution in [0.25, 0.3) is 0 Å². The fourth-order valence-corrected chi connectivity index (χ4v) is 2.45. The van der Waals surface area contributed by atoms with Crippen molar-refractivity contribution in [1.29, 1.82) is 0 Å². The van der Waals surface area contributed by atoms with Crippen molar-refractivity contribution in [3.05, 3.63) is 24.3 Å². The minimum absolute atomic E-state index is 0.428. The molecule has 1 saturated heterocycles. The molecule has 0 aromatic heterocycles. The number of allylic oxidation sites excluding steroid dienone is 4. The lowest BCUT2D eigenvalue weighted by Crippen LogP contribution is -2.25. The average molecular weight is 324 g/mol. The predicted octanol–water partition coefficient (Wildman–Crippen LogP) is 5.24. The van der Waals surface area contributed by atoms with Gasteiger partial charge < -0.3 is 4.74 Å². The number of unbranched alkanes of at least 4 members (excludes halogenated alkanes) is 7. The third kappa shape index (κ3) is 8.92. The van der Waals surface area contributed by atoms with E-state index in [9.17, 15) is 4.79 Å². The minimum atomic E-state index is -1.09. The average Bonchev–Trinajstić information content (AvgIpc) is 3.35. The van der Waals surface area contributed by atoms with Gasteiger partial charge in [0.1, 0.15) is 0 Å². The Balaban J connectivity index is 1.88. The van der Waals surface area contributed by atoms with Gasteiger partial charge in [-0.3, -0.25) is 0 Å². The fraction of sp³-hybridized carbons (Fsp3) is 0.737. The van der Waals surface area contributed by atoms with Crippen LogP contribution in [0.5, 0.6) is 0 Å². The SMILES string of the molecule is CCCCC/C=C\C/C=C\CCCCCCC1(C(=O)OC)OO1. The third-order valence-corrected chi connectivity index (χ3v) is 3.99. The zero-order valence-corrected chi connectivity index (χ0v) is 14.7. The Morgan fingerprint density at radius 2 is 1.52 bits per heavy atom. The molecule has 1 rings (SSSR count). The van der Waals surface area contributed by atoms with Crippen LogP contribution >= 0.6 is 0 Å². The van der Waals surface area contributed by atoms with Crippen molar-refractivity contribution in [3.8, 4) is 0 Å². The van der Waals surface area contributed by atoms with E-state index in [2.05, 4.69) is 36.0 Å². The van der Waals surface area contributed by atoms with Gasteiger partial charge in [-0.15, -0.1) is 0 Å². The number of carbonyl (C=O) groups is 1. The van der Waals surface area contributed by atoms with Crippen LogP contribution < -0.4 is 0 Å². The lowest BCUT2D eigenvalue weighted by atomic mass is 10.1. The van der Waals surface area contributed by atoms with Crippen LogP contribution in [0.15, 0.2) is 24.3 Å². The molecule has 1 aliphatic rings. The maximum absolute atomic E-state index is 11.4. The van der Waals surface area contributed by atoms with Crippen molar-refractivity contribution in [1.82, 2.24) is 0 Å². The van der Waals surface area contributed by atoms with E-state index >= 15 is 0 Å². The second-order valence-corrected chi connectivity index (χ2v) is 6.04. The van der Waals surface area contributed by atoms with Crippen LogP contribution in [0.1, 0.15) is 77.6 Å². The van der Waals surface area contributed by atoms with Crippen molar-refractivity contribution in [2.45, 2.75) is 83.3 Å². The molecule has 0 N–H and O–H groups in total. The molecule has 0 aromatic carbocycles. The zero-order valence-electron chi connectivity index (χ0n) is 14.7. The summed E-state index contributed by atoms with van der Waals surface area (Å²) in [5.41, 5.74) is 0. The molecule has 1 heterocycles. The number of methoxy groups -OCH3 is 1. The van der Waals surface area contributed by atoms with Crippen molar-refractivity contribution >= 4 is 5.97 Å². The molecule has 0 spiro atoms. The van der Waals surface area contributed by atoms with Gasteiger partial charge >= 0.3 is 11.8 Å². The highest BCUT2D eigenvalue weighted by Gasteiger charge is 2.57. The second-order valence-electron chi connectivity index (χ2n) is 6.04. The van der Waals surface area contributed by atoms with E-state index in [1.165, 1.54) is 39.2 Å². The van der Waals surface area contributed by atoms with Crippen molar-refractivity contribution in [2.75, 3.05) is 7.11 Å². The molecule has 132 valence electrons. The Labute approximate surface area is 140 Å². The third-order valence-electron chi connectivity index (χ3n) is 3.99. The number of ether oxygens (including phenoxy) is 1. The molecular formula is C19H32O4. The maximum Gasteiger partial charge on any atom is 0.372 e. The van der Waals surface area contributed by atoms with Gasteiger partial charge in [-0.25, -0.2) is 4.79 Å². The van der Waals surface area contributed by atoms with E-state index in [0.29, 0.717) is 6.42 Å². The molecule has 0 aliphatic carbocycles. The summed E-state index contributed by atoms with van der Waals surface area (Å²) in [6, 6.07) is 0. The van der Waals surface area contributed by atoms with Gasteiger partial charge in [0.15, 0.2) is 0 Å². The van der Waals surface area contributed by atoms with Crippen LogP contribution in [0, 0.1) is 0 Å². The largest absolute Gasteiger partial charge is 0.465 e. The van der Waals surface area contributed by atoms with E-state index in [1.54, 1.807) is 0 Å². The van der Waals surface area contributed by atoms with Gasteiger partial charge in [-0.05, 0) is 38.5 Å². The lowest BCUT2D eigenvalue weighted by molar-refractivity contribution is -0.148. The Morgan fingerprint density at radius 1 is 0.913 bits per heavy atom. The summed E-state index contributed by atoms with van der Waals surface area (Å²) in [6.45, 7) is 2.23. The first-order chi connectivity index (χ1) is 11.2. The molecule has 0 aromatic rings. The Morgan fingerprint density at radius 3 is 2.09 bits per heavy atom. The van der Waals surface area contributed by atoms with Crippen molar-refractivity contribution in [3.63, 3.8) is 0 Å². The summed E-state index contributed by atoms with van der Waals surface area (Å²) >= 11 is 0. The molecule has 4 nitrogen and oxygen atoms in total. The smallest absolute Gasteiger partial charge is 0.372 e. The summed E-state index contributed by atoms with van der Waals surface area (Å²) in [6.07, 6.45) is 21.3. The number of hydrogen-bond acceptors (Lipinski definition) is 4. The molecular weight excluding hydrogens is 292 g/mol. The number of hydrogen-bond donors (Lipinski definition) is 0. The summed E-state index contributed by atoms with van der Waals surface area (Å²) in [4.78, 5) is 20.9. The van der Waals surface area contributed by atoms with Gasteiger partial charge in [0.05, 0.1) is 7.11 Å². The molecule has 1 aliphatic heterocycles. The number of rotatable bonds is 14. The normalized spacial score (nSPS) is 16.3. The topological polar surface area (TPSA) is 51.4 Å². The molecule has 4 heteroatoms. The molecule has 0 amide bonds. The molecule has 23 heavy (non-hydrogen) atoms. The van der Waals surface area contributed by atoms with Crippen molar-refractivity contribution < 1.29 is 19.3 Å². The highest BCUT2D eigenvalue weighted by atomic mass is 17.4. The summed E-state index contributed by atoms with van der Waals surface area (Å²) in [5.74, 6) is -1.51. The van der Waals surface area contributed by atoms with Gasteiger partial charge in [-0.1, -0.05) is 56.9 Å². The van der Waals surface area contributed by atoms with E-state index in [-0.39, 0.29) is 0 Å². The van der Waals surface area contributed by atoms with E-state index < -0.39 is 11.8 Å². The summed E-state index contributed by atoms with van der Waals surface area (Å²) in [5, 5.41) is 0. The second kappa shape index (κ2) is 12.3. The fourth-order valence-electron chi connectivity index (χ4n) is 2.45. The first kappa shape index (κ1) is 19.9. The summed E-state index contributed by atoms with van der Waals surface area (Å²) in [7, 11) is 1.35. The standard InChI is InChI=1S/C19H32O4/c1-3-4-5-6-7-8-9-10-11-12-13-14-15-16-17-19(22-23-19)18(20)21-2/h7-8,10-11H,3-6,9,12-17H2,1-2H3/b8-7-,11-10-. The van der Waals surface area contributed by atoms with Gasteiger partial charge in [-0.2, -0.15) is 9.78 Å². The number of esters is 1. The zero-order chi connectivity index (χ0) is 16.8. The molecule has 0 bridgehead atoms.